The lowest BCUT2D eigenvalue weighted by atomic mass is 10.1. The van der Waals surface area contributed by atoms with Crippen molar-refractivity contribution in [2.24, 2.45) is 0 Å². The summed E-state index contributed by atoms with van der Waals surface area (Å²) in [5.41, 5.74) is 1.40. The van der Waals surface area contributed by atoms with E-state index in [4.69, 9.17) is 4.74 Å². The van der Waals surface area contributed by atoms with Crippen LogP contribution in [0.3, 0.4) is 0 Å². The number of phenolic OH excluding ortho intramolecular Hbond substituents is 1. The van der Waals surface area contributed by atoms with E-state index in [1.807, 2.05) is 24.3 Å². The fourth-order valence-electron chi connectivity index (χ4n) is 2.51. The number of aromatic hydroxyl groups is 1. The van der Waals surface area contributed by atoms with Crippen molar-refractivity contribution in [1.82, 2.24) is 20.0 Å². The quantitative estimate of drug-likeness (QED) is 0.534. The molecule has 0 spiro atoms. The monoisotopic (exact) mass is 266 g/mol. The lowest BCUT2D eigenvalue weighted by Gasteiger charge is -2.08. The first kappa shape index (κ1) is 11.0. The van der Waals surface area contributed by atoms with E-state index in [9.17, 15) is 5.11 Å². The fraction of sp³-hybridized carbons (Fsp3) is 0.0714. The molecule has 4 aromatic rings. The molecule has 0 aliphatic carbocycles. The summed E-state index contributed by atoms with van der Waals surface area (Å²) in [5, 5.41) is 24.4. The van der Waals surface area contributed by atoms with Crippen molar-refractivity contribution in [2.45, 2.75) is 0 Å². The zero-order chi connectivity index (χ0) is 13.7. The summed E-state index contributed by atoms with van der Waals surface area (Å²) in [6, 6.07) is 11.0. The van der Waals surface area contributed by atoms with Crippen LogP contribution in [0.4, 0.5) is 0 Å². The van der Waals surface area contributed by atoms with Crippen LogP contribution in [0.15, 0.2) is 36.4 Å². The second kappa shape index (κ2) is 3.80. The van der Waals surface area contributed by atoms with E-state index in [-0.39, 0.29) is 5.75 Å². The van der Waals surface area contributed by atoms with E-state index in [1.165, 1.54) is 0 Å². The maximum atomic E-state index is 9.68. The SMILES string of the molecule is COc1ccc2c3ccc(O)cc3n3nnnc3c2c1. The van der Waals surface area contributed by atoms with Gasteiger partial charge in [-0.2, -0.15) is 4.52 Å². The van der Waals surface area contributed by atoms with Gasteiger partial charge in [0.2, 0.25) is 0 Å². The Balaban J connectivity index is 2.32. The Labute approximate surface area is 113 Å². The Morgan fingerprint density at radius 1 is 1.05 bits per heavy atom. The highest BCUT2D eigenvalue weighted by molar-refractivity contribution is 6.11. The van der Waals surface area contributed by atoms with Crippen LogP contribution >= 0.6 is 0 Å². The van der Waals surface area contributed by atoms with Gasteiger partial charge in [-0.3, -0.25) is 0 Å². The van der Waals surface area contributed by atoms with Crippen LogP contribution in [-0.4, -0.2) is 32.3 Å². The molecule has 0 amide bonds. The molecule has 1 N–H and O–H groups in total. The number of fused-ring (bicyclic) bond motifs is 6. The van der Waals surface area contributed by atoms with E-state index < -0.39 is 0 Å². The largest absolute Gasteiger partial charge is 0.508 e. The average molecular weight is 266 g/mol. The van der Waals surface area contributed by atoms with Crippen LogP contribution in [0, 0.1) is 0 Å². The zero-order valence-electron chi connectivity index (χ0n) is 10.6. The summed E-state index contributed by atoms with van der Waals surface area (Å²) in [6.45, 7) is 0. The number of aromatic nitrogens is 4. The summed E-state index contributed by atoms with van der Waals surface area (Å²) >= 11 is 0. The first-order valence-corrected chi connectivity index (χ1v) is 6.08. The number of hydrogen-bond donors (Lipinski definition) is 1. The smallest absolute Gasteiger partial charge is 0.187 e. The van der Waals surface area contributed by atoms with E-state index in [0.29, 0.717) is 5.65 Å². The molecule has 2 heterocycles. The summed E-state index contributed by atoms with van der Waals surface area (Å²) in [4.78, 5) is 0. The Bertz CT molecular complexity index is 962. The molecule has 2 aromatic carbocycles. The van der Waals surface area contributed by atoms with Gasteiger partial charge in [0.05, 0.1) is 12.6 Å². The Morgan fingerprint density at radius 2 is 1.90 bits per heavy atom. The second-order valence-electron chi connectivity index (χ2n) is 4.53. The number of hydrogen-bond acceptors (Lipinski definition) is 5. The zero-order valence-corrected chi connectivity index (χ0v) is 10.6. The maximum absolute atomic E-state index is 9.68. The van der Waals surface area contributed by atoms with E-state index >= 15 is 0 Å². The van der Waals surface area contributed by atoms with Gasteiger partial charge in [-0.15, -0.1) is 5.10 Å². The van der Waals surface area contributed by atoms with Crippen LogP contribution in [0.1, 0.15) is 0 Å². The van der Waals surface area contributed by atoms with Gasteiger partial charge in [0.15, 0.2) is 5.65 Å². The van der Waals surface area contributed by atoms with Crippen molar-refractivity contribution in [3.63, 3.8) is 0 Å². The molecular formula is C14H10N4O2. The van der Waals surface area contributed by atoms with Crippen LogP contribution in [0.25, 0.3) is 27.3 Å². The van der Waals surface area contributed by atoms with Crippen LogP contribution in [-0.2, 0) is 0 Å². The van der Waals surface area contributed by atoms with Gasteiger partial charge in [0.1, 0.15) is 11.5 Å². The Hall–Kier alpha value is -2.89. The highest BCUT2D eigenvalue weighted by Gasteiger charge is 2.12. The van der Waals surface area contributed by atoms with Gasteiger partial charge < -0.3 is 9.84 Å². The van der Waals surface area contributed by atoms with Crippen LogP contribution < -0.4 is 4.74 Å². The number of phenols is 1. The molecule has 6 heteroatoms. The minimum absolute atomic E-state index is 0.183. The molecule has 0 bridgehead atoms. The third kappa shape index (κ3) is 1.36. The standard InChI is InChI=1S/C14H10N4O2/c1-20-9-3-5-10-11-4-2-8(19)6-13(11)18-14(12(10)7-9)15-16-17-18/h2-7,19H,1H3. The summed E-state index contributed by atoms with van der Waals surface area (Å²) in [5.74, 6) is 0.933. The van der Waals surface area contributed by atoms with Crippen LogP contribution in [0.2, 0.25) is 0 Å². The van der Waals surface area contributed by atoms with E-state index in [1.54, 1.807) is 23.8 Å². The Kier molecular flexibility index (Phi) is 2.09. The minimum atomic E-state index is 0.183. The van der Waals surface area contributed by atoms with E-state index in [0.717, 1.165) is 27.4 Å². The molecule has 4 rings (SSSR count). The molecule has 0 radical (unpaired) electrons. The normalized spacial score (nSPS) is 11.4. The van der Waals surface area contributed by atoms with Crippen molar-refractivity contribution in [2.75, 3.05) is 7.11 Å². The maximum Gasteiger partial charge on any atom is 0.187 e. The van der Waals surface area contributed by atoms with Crippen molar-refractivity contribution in [1.29, 1.82) is 0 Å². The van der Waals surface area contributed by atoms with Gasteiger partial charge in [-0.25, -0.2) is 0 Å². The van der Waals surface area contributed by atoms with Crippen LogP contribution in [0.5, 0.6) is 11.5 Å². The predicted octanol–water partition coefficient (Wildman–Crippen LogP) is 2.14. The van der Waals surface area contributed by atoms with Gasteiger partial charge in [-0.05, 0) is 46.1 Å². The number of nitrogens with zero attached hydrogens (tertiary/aromatic N) is 4. The van der Waals surface area contributed by atoms with Gasteiger partial charge in [0, 0.05) is 16.8 Å². The molecule has 6 nitrogen and oxygen atoms in total. The van der Waals surface area contributed by atoms with Gasteiger partial charge in [-0.1, -0.05) is 0 Å². The molecule has 0 aliphatic heterocycles. The highest BCUT2D eigenvalue weighted by Crippen LogP contribution is 2.32. The molecule has 0 fully saturated rings. The number of methoxy groups -OCH3 is 1. The molecular weight excluding hydrogens is 256 g/mol. The number of rotatable bonds is 1. The first-order chi connectivity index (χ1) is 9.78. The van der Waals surface area contributed by atoms with Crippen molar-refractivity contribution < 1.29 is 9.84 Å². The molecule has 2 aromatic heterocycles. The third-order valence-corrected chi connectivity index (χ3v) is 3.44. The number of pyridine rings is 1. The lowest BCUT2D eigenvalue weighted by molar-refractivity contribution is 0.415. The lowest BCUT2D eigenvalue weighted by Crippen LogP contribution is -1.93. The van der Waals surface area contributed by atoms with Crippen molar-refractivity contribution >= 4 is 27.3 Å². The number of ether oxygens (including phenoxy) is 1. The number of tetrazole rings is 1. The molecule has 98 valence electrons. The third-order valence-electron chi connectivity index (χ3n) is 3.44. The van der Waals surface area contributed by atoms with Crippen molar-refractivity contribution in [3.8, 4) is 11.5 Å². The molecule has 20 heavy (non-hydrogen) atoms. The fourth-order valence-corrected chi connectivity index (χ4v) is 2.51. The minimum Gasteiger partial charge on any atom is -0.508 e. The van der Waals surface area contributed by atoms with Gasteiger partial charge in [0.25, 0.3) is 0 Å². The molecule has 0 atom stereocenters. The Morgan fingerprint density at radius 3 is 2.75 bits per heavy atom. The summed E-state index contributed by atoms with van der Waals surface area (Å²) in [6.07, 6.45) is 0. The highest BCUT2D eigenvalue weighted by atomic mass is 16.5. The summed E-state index contributed by atoms with van der Waals surface area (Å²) < 4.78 is 6.88. The van der Waals surface area contributed by atoms with Crippen molar-refractivity contribution in [3.05, 3.63) is 36.4 Å². The molecule has 0 aliphatic rings. The van der Waals surface area contributed by atoms with Gasteiger partial charge >= 0.3 is 0 Å². The average Bonchev–Trinajstić information content (AvgIpc) is 2.96. The topological polar surface area (TPSA) is 72.5 Å². The predicted molar refractivity (Wildman–Crippen MR) is 74.0 cm³/mol. The molecule has 0 unspecified atom stereocenters. The van der Waals surface area contributed by atoms with E-state index in [2.05, 4.69) is 15.5 Å². The molecule has 0 saturated heterocycles. The second-order valence-corrected chi connectivity index (χ2v) is 4.53. The number of benzene rings is 2. The first-order valence-electron chi connectivity index (χ1n) is 6.08. The summed E-state index contributed by atoms with van der Waals surface area (Å²) in [7, 11) is 1.62. The molecule has 0 saturated carbocycles.